The van der Waals surface area contributed by atoms with Gasteiger partial charge < -0.3 is 24.8 Å². The zero-order valence-corrected chi connectivity index (χ0v) is 19.6. The van der Waals surface area contributed by atoms with E-state index >= 15 is 0 Å². The molecule has 0 aliphatic rings. The molecule has 4 rings (SSSR count). The highest BCUT2D eigenvalue weighted by atomic mass is 16.5. The maximum absolute atomic E-state index is 12.7. The number of nitrogens with one attached hydrogen (secondary N) is 2. The van der Waals surface area contributed by atoms with Crippen LogP contribution < -0.4 is 15.4 Å². The number of amides is 2. The lowest BCUT2D eigenvalue weighted by atomic mass is 9.99. The number of anilines is 2. The molecule has 3 aromatic carbocycles. The van der Waals surface area contributed by atoms with Gasteiger partial charge in [0.1, 0.15) is 5.75 Å². The highest BCUT2D eigenvalue weighted by Crippen LogP contribution is 2.34. The second-order valence-electron chi connectivity index (χ2n) is 8.40. The number of methoxy groups -OCH3 is 1. The van der Waals surface area contributed by atoms with E-state index in [0.717, 1.165) is 46.4 Å². The molecule has 6 nitrogen and oxygen atoms in total. The van der Waals surface area contributed by atoms with Gasteiger partial charge >= 0.3 is 6.03 Å². The molecular weight excluding hydrogens is 412 g/mol. The summed E-state index contributed by atoms with van der Waals surface area (Å²) in [4.78, 5) is 14.9. The minimum absolute atomic E-state index is 0.313. The van der Waals surface area contributed by atoms with Crippen molar-refractivity contribution in [1.29, 1.82) is 0 Å². The first-order valence-corrected chi connectivity index (χ1v) is 11.0. The Morgan fingerprint density at radius 2 is 1.79 bits per heavy atom. The minimum atomic E-state index is -0.313. The lowest BCUT2D eigenvalue weighted by Gasteiger charge is -2.15. The molecule has 0 aliphatic heterocycles. The zero-order valence-electron chi connectivity index (χ0n) is 19.6. The number of fused-ring (bicyclic) bond motifs is 1. The molecule has 0 bridgehead atoms. The Morgan fingerprint density at radius 1 is 1.00 bits per heavy atom. The van der Waals surface area contributed by atoms with Crippen molar-refractivity contribution in [2.45, 2.75) is 13.5 Å². The van der Waals surface area contributed by atoms with Gasteiger partial charge in [0.2, 0.25) is 0 Å². The molecule has 0 atom stereocenters. The quantitative estimate of drug-likeness (QED) is 0.379. The summed E-state index contributed by atoms with van der Waals surface area (Å²) in [5, 5.41) is 6.96. The summed E-state index contributed by atoms with van der Waals surface area (Å²) < 4.78 is 7.79. The van der Waals surface area contributed by atoms with E-state index in [1.165, 1.54) is 0 Å². The molecule has 4 aromatic rings. The number of rotatable bonds is 7. The second-order valence-corrected chi connectivity index (χ2v) is 8.40. The predicted octanol–water partition coefficient (Wildman–Crippen LogP) is 5.83. The van der Waals surface area contributed by atoms with Gasteiger partial charge in [0.15, 0.2) is 0 Å². The fraction of sp³-hybridized carbons (Fsp3) is 0.222. The average molecular weight is 443 g/mol. The number of carbonyl (C=O) groups is 1. The fourth-order valence-corrected chi connectivity index (χ4v) is 3.95. The topological polar surface area (TPSA) is 58.5 Å². The van der Waals surface area contributed by atoms with E-state index in [4.69, 9.17) is 4.74 Å². The van der Waals surface area contributed by atoms with Crippen molar-refractivity contribution in [3.8, 4) is 16.9 Å². The van der Waals surface area contributed by atoms with E-state index < -0.39 is 0 Å². The molecule has 0 radical (unpaired) electrons. The number of aromatic nitrogens is 1. The molecule has 0 fully saturated rings. The number of benzene rings is 3. The van der Waals surface area contributed by atoms with Crippen LogP contribution in [0.3, 0.4) is 0 Å². The van der Waals surface area contributed by atoms with Crippen molar-refractivity contribution in [3.05, 3.63) is 78.5 Å². The summed E-state index contributed by atoms with van der Waals surface area (Å²) >= 11 is 0. The van der Waals surface area contributed by atoms with Crippen LogP contribution in [0.15, 0.2) is 72.9 Å². The van der Waals surface area contributed by atoms with Crippen LogP contribution >= 0.6 is 0 Å². The van der Waals surface area contributed by atoms with Gasteiger partial charge in [-0.25, -0.2) is 4.79 Å². The summed E-state index contributed by atoms with van der Waals surface area (Å²) in [5.41, 5.74) is 5.75. The number of ether oxygens (including phenoxy) is 1. The first-order valence-electron chi connectivity index (χ1n) is 11.0. The van der Waals surface area contributed by atoms with Gasteiger partial charge in [-0.2, -0.15) is 0 Å². The number of hydrogen-bond acceptors (Lipinski definition) is 3. The summed E-state index contributed by atoms with van der Waals surface area (Å²) in [6.07, 6.45) is 2.08. The largest absolute Gasteiger partial charge is 0.495 e. The number of hydrogen-bond donors (Lipinski definition) is 2. The number of aryl methyl sites for hydroxylation is 1. The molecule has 2 N–H and O–H groups in total. The molecule has 1 heterocycles. The van der Waals surface area contributed by atoms with E-state index in [2.05, 4.69) is 58.6 Å². The highest BCUT2D eigenvalue weighted by Gasteiger charge is 2.13. The maximum Gasteiger partial charge on any atom is 0.323 e. The third-order valence-corrected chi connectivity index (χ3v) is 5.70. The normalized spacial score (nSPS) is 11.1. The first kappa shape index (κ1) is 22.4. The average Bonchev–Trinajstić information content (AvgIpc) is 3.20. The second kappa shape index (κ2) is 9.79. The molecule has 33 heavy (non-hydrogen) atoms. The van der Waals surface area contributed by atoms with Crippen LogP contribution in [0.1, 0.15) is 5.56 Å². The van der Waals surface area contributed by atoms with Gasteiger partial charge in [-0.3, -0.25) is 0 Å². The highest BCUT2D eigenvalue weighted by molar-refractivity contribution is 6.02. The lowest BCUT2D eigenvalue weighted by Crippen LogP contribution is -2.20. The van der Waals surface area contributed by atoms with E-state index in [-0.39, 0.29) is 6.03 Å². The lowest BCUT2D eigenvalue weighted by molar-refractivity contribution is 0.262. The molecule has 6 heteroatoms. The Morgan fingerprint density at radius 3 is 2.52 bits per heavy atom. The molecule has 2 amide bonds. The van der Waals surface area contributed by atoms with Crippen LogP contribution in [-0.4, -0.2) is 43.2 Å². The van der Waals surface area contributed by atoms with E-state index in [1.807, 2.05) is 55.5 Å². The Balaban J connectivity index is 1.49. The number of nitrogens with zero attached hydrogens (tertiary/aromatic N) is 2. The molecular formula is C27H30N4O2. The van der Waals surface area contributed by atoms with Crippen molar-refractivity contribution in [1.82, 2.24) is 9.47 Å². The van der Waals surface area contributed by atoms with Gasteiger partial charge in [0.05, 0.1) is 12.8 Å². The Kier molecular flexibility index (Phi) is 6.66. The number of carbonyl (C=O) groups excluding carboxylic acids is 1. The zero-order chi connectivity index (χ0) is 23.4. The third kappa shape index (κ3) is 5.18. The number of urea groups is 1. The Bertz CT molecular complexity index is 1260. The maximum atomic E-state index is 12.7. The standard InChI is InChI=1S/C27H30N4O2/c1-19-16-24(26(33-4)18-23(19)20-8-6-5-7-9-20)29-27(32)28-22-10-11-25-21(17-22)12-13-31(25)15-14-30(2)3/h5-13,16-18H,14-15H2,1-4H3,(H2,28,29,32). The summed E-state index contributed by atoms with van der Waals surface area (Å²) in [7, 11) is 5.74. The Hall–Kier alpha value is -3.77. The summed E-state index contributed by atoms with van der Waals surface area (Å²) in [6.45, 7) is 3.91. The minimum Gasteiger partial charge on any atom is -0.495 e. The van der Waals surface area contributed by atoms with Gasteiger partial charge in [-0.1, -0.05) is 30.3 Å². The first-order chi connectivity index (χ1) is 15.9. The smallest absolute Gasteiger partial charge is 0.323 e. The van der Waals surface area contributed by atoms with Crippen LogP contribution in [0.2, 0.25) is 0 Å². The van der Waals surface area contributed by atoms with Crippen molar-refractivity contribution >= 4 is 28.3 Å². The van der Waals surface area contributed by atoms with Crippen molar-refractivity contribution in [3.63, 3.8) is 0 Å². The monoisotopic (exact) mass is 442 g/mol. The molecule has 0 spiro atoms. The molecule has 0 unspecified atom stereocenters. The van der Waals surface area contributed by atoms with E-state index in [0.29, 0.717) is 11.4 Å². The molecule has 0 saturated carbocycles. The van der Waals surface area contributed by atoms with Gasteiger partial charge in [-0.15, -0.1) is 0 Å². The van der Waals surface area contributed by atoms with Gasteiger partial charge in [-0.05, 0) is 74.1 Å². The molecule has 0 saturated heterocycles. The van der Waals surface area contributed by atoms with E-state index in [9.17, 15) is 4.79 Å². The van der Waals surface area contributed by atoms with Crippen LogP contribution in [0.5, 0.6) is 5.75 Å². The summed E-state index contributed by atoms with van der Waals surface area (Å²) in [6, 6.07) is 21.7. The van der Waals surface area contributed by atoms with Gasteiger partial charge in [0, 0.05) is 35.9 Å². The third-order valence-electron chi connectivity index (χ3n) is 5.70. The van der Waals surface area contributed by atoms with Crippen molar-refractivity contribution in [2.24, 2.45) is 0 Å². The fourth-order valence-electron chi connectivity index (χ4n) is 3.95. The van der Waals surface area contributed by atoms with Crippen LogP contribution in [-0.2, 0) is 6.54 Å². The van der Waals surface area contributed by atoms with Crippen molar-refractivity contribution in [2.75, 3.05) is 38.4 Å². The summed E-state index contributed by atoms with van der Waals surface area (Å²) in [5.74, 6) is 0.614. The van der Waals surface area contributed by atoms with E-state index in [1.54, 1.807) is 7.11 Å². The molecule has 1 aromatic heterocycles. The predicted molar refractivity (Wildman–Crippen MR) is 136 cm³/mol. The van der Waals surface area contributed by atoms with Gasteiger partial charge in [0.25, 0.3) is 0 Å². The van der Waals surface area contributed by atoms with Crippen LogP contribution in [0.4, 0.5) is 16.2 Å². The number of likely N-dealkylation sites (N-methyl/N-ethyl adjacent to an activating group) is 1. The molecule has 170 valence electrons. The van der Waals surface area contributed by atoms with Crippen LogP contribution in [0.25, 0.3) is 22.0 Å². The molecule has 0 aliphatic carbocycles. The van der Waals surface area contributed by atoms with Crippen LogP contribution in [0, 0.1) is 6.92 Å². The van der Waals surface area contributed by atoms with Crippen molar-refractivity contribution < 1.29 is 9.53 Å². The Labute approximate surface area is 194 Å². The SMILES string of the molecule is COc1cc(-c2ccccc2)c(C)cc1NC(=O)Nc1ccc2c(ccn2CCN(C)C)c1.